The Kier molecular flexibility index (Phi) is 13.8. The van der Waals surface area contributed by atoms with Gasteiger partial charge in [0.2, 0.25) is 5.91 Å². The third-order valence-electron chi connectivity index (χ3n) is 3.89. The van der Waals surface area contributed by atoms with E-state index < -0.39 is 0 Å². The predicted octanol–water partition coefficient (Wildman–Crippen LogP) is 2.91. The van der Waals surface area contributed by atoms with E-state index in [9.17, 15) is 9.59 Å². The van der Waals surface area contributed by atoms with Gasteiger partial charge in [-0.3, -0.25) is 9.59 Å². The van der Waals surface area contributed by atoms with Crippen molar-refractivity contribution in [3.8, 4) is 0 Å². The standard InChI is InChI=1S/C18H30N4O3.C4H10O/c1-6-16(23)7-8-17(24)19-11-15-12-22(21-20-15)13-18(4,5)25-10-9-14(2)3;1-4(2)3-5/h7-8,12,14H,6,9-11,13H2,1-5H3,(H,19,24);4-5H,3H2,1-2H3/b8-7-;. The van der Waals surface area contributed by atoms with Gasteiger partial charge < -0.3 is 15.2 Å². The average molecular weight is 425 g/mol. The van der Waals surface area contributed by atoms with Crippen molar-refractivity contribution >= 4 is 11.7 Å². The number of rotatable bonds is 12. The summed E-state index contributed by atoms with van der Waals surface area (Å²) >= 11 is 0. The highest BCUT2D eigenvalue weighted by atomic mass is 16.5. The van der Waals surface area contributed by atoms with Crippen molar-refractivity contribution < 1.29 is 19.4 Å². The fraction of sp³-hybridized carbons (Fsp3) is 0.727. The summed E-state index contributed by atoms with van der Waals surface area (Å²) in [6, 6.07) is 0. The number of ether oxygens (including phenoxy) is 1. The van der Waals surface area contributed by atoms with Crippen molar-refractivity contribution in [3.05, 3.63) is 24.0 Å². The first-order chi connectivity index (χ1) is 14.0. The maximum atomic E-state index is 11.6. The van der Waals surface area contributed by atoms with Gasteiger partial charge in [-0.15, -0.1) is 5.10 Å². The molecule has 0 aliphatic heterocycles. The topological polar surface area (TPSA) is 106 Å². The van der Waals surface area contributed by atoms with Crippen LogP contribution < -0.4 is 5.32 Å². The second-order valence-corrected chi connectivity index (χ2v) is 8.65. The van der Waals surface area contributed by atoms with Crippen molar-refractivity contribution in [2.75, 3.05) is 13.2 Å². The predicted molar refractivity (Wildman–Crippen MR) is 118 cm³/mol. The van der Waals surface area contributed by atoms with Gasteiger partial charge in [0.1, 0.15) is 5.69 Å². The van der Waals surface area contributed by atoms with Gasteiger partial charge in [-0.25, -0.2) is 4.68 Å². The Morgan fingerprint density at radius 3 is 2.40 bits per heavy atom. The second-order valence-electron chi connectivity index (χ2n) is 8.65. The maximum Gasteiger partial charge on any atom is 0.244 e. The highest BCUT2D eigenvalue weighted by Gasteiger charge is 2.20. The van der Waals surface area contributed by atoms with Crippen molar-refractivity contribution in [1.82, 2.24) is 20.3 Å². The lowest BCUT2D eigenvalue weighted by atomic mass is 10.1. The number of amides is 1. The summed E-state index contributed by atoms with van der Waals surface area (Å²) < 4.78 is 7.63. The Bertz CT molecular complexity index is 651. The SMILES string of the molecule is CC(C)CO.CCC(=O)/C=C\C(=O)NCc1cn(CC(C)(C)OCCC(C)C)nn1. The van der Waals surface area contributed by atoms with E-state index in [-0.39, 0.29) is 23.8 Å². The molecule has 1 aromatic heterocycles. The molecule has 0 aromatic carbocycles. The molecule has 0 aliphatic rings. The summed E-state index contributed by atoms with van der Waals surface area (Å²) in [5.41, 5.74) is 0.313. The number of aromatic nitrogens is 3. The van der Waals surface area contributed by atoms with Crippen molar-refractivity contribution in [1.29, 1.82) is 0 Å². The summed E-state index contributed by atoms with van der Waals surface area (Å²) in [6.45, 7) is 15.9. The van der Waals surface area contributed by atoms with Gasteiger partial charge >= 0.3 is 0 Å². The Morgan fingerprint density at radius 1 is 1.23 bits per heavy atom. The maximum absolute atomic E-state index is 11.6. The number of carbonyl (C=O) groups excluding carboxylic acids is 2. The largest absolute Gasteiger partial charge is 0.396 e. The number of nitrogens with one attached hydrogen (secondary N) is 1. The third kappa shape index (κ3) is 14.9. The van der Waals surface area contributed by atoms with Gasteiger partial charge in [-0.2, -0.15) is 0 Å². The van der Waals surface area contributed by atoms with Crippen molar-refractivity contribution in [2.45, 2.75) is 80.0 Å². The molecule has 172 valence electrons. The third-order valence-corrected chi connectivity index (χ3v) is 3.89. The van der Waals surface area contributed by atoms with E-state index in [1.807, 2.05) is 27.7 Å². The molecule has 1 rings (SSSR count). The lowest BCUT2D eigenvalue weighted by molar-refractivity contribution is -0.118. The second kappa shape index (κ2) is 14.8. The zero-order chi connectivity index (χ0) is 23.2. The van der Waals surface area contributed by atoms with E-state index in [0.29, 0.717) is 43.7 Å². The van der Waals surface area contributed by atoms with Crippen LogP contribution in [0.3, 0.4) is 0 Å². The number of carbonyl (C=O) groups is 2. The van der Waals surface area contributed by atoms with Crippen LogP contribution in [-0.2, 0) is 27.4 Å². The quantitative estimate of drug-likeness (QED) is 0.500. The summed E-state index contributed by atoms with van der Waals surface area (Å²) in [5, 5.41) is 18.9. The minimum absolute atomic E-state index is 0.0826. The summed E-state index contributed by atoms with van der Waals surface area (Å²) in [5.74, 6) is 0.642. The fourth-order valence-electron chi connectivity index (χ4n) is 2.03. The molecular weight excluding hydrogens is 384 g/mol. The van der Waals surface area contributed by atoms with Gasteiger partial charge in [0.15, 0.2) is 5.78 Å². The number of aliphatic hydroxyl groups is 1. The minimum Gasteiger partial charge on any atom is -0.396 e. The lowest BCUT2D eigenvalue weighted by Crippen LogP contribution is -2.31. The summed E-state index contributed by atoms with van der Waals surface area (Å²) in [6.07, 6.45) is 5.71. The van der Waals surface area contributed by atoms with E-state index in [4.69, 9.17) is 9.84 Å². The molecule has 1 aromatic rings. The van der Waals surface area contributed by atoms with Gasteiger partial charge in [0.25, 0.3) is 0 Å². The smallest absolute Gasteiger partial charge is 0.244 e. The molecule has 2 N–H and O–H groups in total. The van der Waals surface area contributed by atoms with Crippen LogP contribution in [0, 0.1) is 11.8 Å². The number of hydrogen-bond donors (Lipinski definition) is 2. The molecule has 0 fully saturated rings. The molecular formula is C22H40N4O4. The molecule has 0 spiro atoms. The van der Waals surface area contributed by atoms with Crippen LogP contribution in [-0.4, -0.2) is 50.6 Å². The van der Waals surface area contributed by atoms with Crippen LogP contribution in [0.2, 0.25) is 0 Å². The van der Waals surface area contributed by atoms with Gasteiger partial charge in [0, 0.05) is 25.7 Å². The first-order valence-electron chi connectivity index (χ1n) is 10.6. The monoisotopic (exact) mass is 424 g/mol. The number of hydrogen-bond acceptors (Lipinski definition) is 6. The van der Waals surface area contributed by atoms with Gasteiger partial charge in [-0.05, 0) is 38.2 Å². The van der Waals surface area contributed by atoms with E-state index in [0.717, 1.165) is 6.42 Å². The van der Waals surface area contributed by atoms with Crippen LogP contribution in [0.4, 0.5) is 0 Å². The van der Waals surface area contributed by atoms with Crippen LogP contribution in [0.25, 0.3) is 0 Å². The average Bonchev–Trinajstić information content (AvgIpc) is 3.10. The highest BCUT2D eigenvalue weighted by Crippen LogP contribution is 2.14. The van der Waals surface area contributed by atoms with Crippen LogP contribution in [0.15, 0.2) is 18.3 Å². The summed E-state index contributed by atoms with van der Waals surface area (Å²) in [4.78, 5) is 22.8. The zero-order valence-electron chi connectivity index (χ0n) is 19.6. The van der Waals surface area contributed by atoms with E-state index in [2.05, 4.69) is 29.5 Å². The van der Waals surface area contributed by atoms with Gasteiger partial charge in [-0.1, -0.05) is 39.8 Å². The molecule has 8 nitrogen and oxygen atoms in total. The number of aliphatic hydroxyl groups excluding tert-OH is 1. The lowest BCUT2D eigenvalue weighted by Gasteiger charge is -2.25. The number of ketones is 1. The molecule has 8 heteroatoms. The molecule has 1 amide bonds. The molecule has 30 heavy (non-hydrogen) atoms. The molecule has 0 aliphatic carbocycles. The Labute approximate surface area is 181 Å². The molecule has 0 saturated carbocycles. The molecule has 0 radical (unpaired) electrons. The number of allylic oxidation sites excluding steroid dienone is 1. The summed E-state index contributed by atoms with van der Waals surface area (Å²) in [7, 11) is 0. The van der Waals surface area contributed by atoms with Crippen LogP contribution in [0.1, 0.15) is 67.0 Å². The highest BCUT2D eigenvalue weighted by molar-refractivity contribution is 5.97. The first-order valence-corrected chi connectivity index (χ1v) is 10.6. The van der Waals surface area contributed by atoms with Crippen LogP contribution >= 0.6 is 0 Å². The van der Waals surface area contributed by atoms with E-state index in [1.165, 1.54) is 12.2 Å². The zero-order valence-corrected chi connectivity index (χ0v) is 19.6. The van der Waals surface area contributed by atoms with Gasteiger partial charge in [0.05, 0.1) is 24.9 Å². The fourth-order valence-corrected chi connectivity index (χ4v) is 2.03. The van der Waals surface area contributed by atoms with E-state index in [1.54, 1.807) is 17.8 Å². The Balaban J connectivity index is 0.00000150. The molecule has 0 unspecified atom stereocenters. The Morgan fingerprint density at radius 2 is 1.87 bits per heavy atom. The van der Waals surface area contributed by atoms with Crippen LogP contribution in [0.5, 0.6) is 0 Å². The van der Waals surface area contributed by atoms with E-state index >= 15 is 0 Å². The first kappa shape index (κ1) is 27.9. The Hall–Kier alpha value is -2.06. The van der Waals surface area contributed by atoms with Crippen molar-refractivity contribution in [2.24, 2.45) is 11.8 Å². The van der Waals surface area contributed by atoms with Crippen molar-refractivity contribution in [3.63, 3.8) is 0 Å². The molecule has 1 heterocycles. The minimum atomic E-state index is -0.341. The molecule has 0 saturated heterocycles. The normalized spacial score (nSPS) is 11.7. The molecule has 0 atom stereocenters. The number of nitrogens with zero attached hydrogens (tertiary/aromatic N) is 3. The molecule has 0 bridgehead atoms.